The lowest BCUT2D eigenvalue weighted by Gasteiger charge is -2.50. The highest BCUT2D eigenvalue weighted by molar-refractivity contribution is 7.22. The van der Waals surface area contributed by atoms with Gasteiger partial charge in [-0.3, -0.25) is 18.7 Å². The van der Waals surface area contributed by atoms with E-state index >= 15 is 0 Å². The van der Waals surface area contributed by atoms with E-state index in [1.165, 1.54) is 35.5 Å². The number of carbonyl (C=O) groups is 2. The highest BCUT2D eigenvalue weighted by Crippen LogP contribution is 2.38. The van der Waals surface area contributed by atoms with Crippen LogP contribution >= 0.6 is 11.3 Å². The average molecular weight is 694 g/mol. The van der Waals surface area contributed by atoms with Gasteiger partial charge in [0.05, 0.1) is 49.4 Å². The predicted octanol–water partition coefficient (Wildman–Crippen LogP) is 3.61. The van der Waals surface area contributed by atoms with Crippen molar-refractivity contribution in [3.05, 3.63) is 68.7 Å². The van der Waals surface area contributed by atoms with Gasteiger partial charge in [-0.15, -0.1) is 11.3 Å². The van der Waals surface area contributed by atoms with Crippen LogP contribution in [0.3, 0.4) is 0 Å². The third kappa shape index (κ3) is 5.82. The highest BCUT2D eigenvalue weighted by Gasteiger charge is 2.50. The number of amides is 2. The summed E-state index contributed by atoms with van der Waals surface area (Å²) in [6.07, 6.45) is 3.75. The second-order valence-electron chi connectivity index (χ2n) is 13.1. The lowest BCUT2D eigenvalue weighted by molar-refractivity contribution is -0.160. The molecule has 260 valence electrons. The van der Waals surface area contributed by atoms with E-state index in [0.29, 0.717) is 58.4 Å². The smallest absolute Gasteiger partial charge is 0.332 e. The number of hydrogen-bond acceptors (Lipinski definition) is 11. The molecule has 0 bridgehead atoms. The molecule has 49 heavy (non-hydrogen) atoms. The molecule has 3 aliphatic heterocycles. The van der Waals surface area contributed by atoms with Crippen molar-refractivity contribution in [3.63, 3.8) is 0 Å². The third-order valence-electron chi connectivity index (χ3n) is 9.76. The van der Waals surface area contributed by atoms with Gasteiger partial charge in [0.1, 0.15) is 28.4 Å². The van der Waals surface area contributed by atoms with Crippen LogP contribution in [-0.4, -0.2) is 95.6 Å². The number of aromatic nitrogens is 3. The normalized spacial score (nSPS) is 18.6. The zero-order chi connectivity index (χ0) is 34.4. The molecule has 2 amide bonds. The maximum absolute atomic E-state index is 14.6. The van der Waals surface area contributed by atoms with Crippen molar-refractivity contribution in [2.24, 2.45) is 5.41 Å². The fraction of sp³-hybridized carbons (Fsp3) is 0.500. The minimum atomic E-state index is -0.744. The number of para-hydroxylation sites is 1. The number of nitrogens with zero attached hydrogens (tertiary/aromatic N) is 5. The molecule has 14 nitrogen and oxygen atoms in total. The molecule has 1 atom stereocenters. The molecule has 7 rings (SSSR count). The Balaban J connectivity index is 1.26. The fourth-order valence-corrected chi connectivity index (χ4v) is 8.27. The number of likely N-dealkylation sites (tertiary alicyclic amines) is 2. The molecule has 0 radical (unpaired) electrons. The van der Waals surface area contributed by atoms with Gasteiger partial charge in [-0.25, -0.2) is 14.6 Å². The molecule has 1 unspecified atom stereocenters. The molecule has 15 heteroatoms. The zero-order valence-corrected chi connectivity index (χ0v) is 28.7. The molecule has 0 N–H and O–H groups in total. The van der Waals surface area contributed by atoms with Crippen molar-refractivity contribution in [1.82, 2.24) is 23.9 Å². The molecular formula is C34H39N5O9S. The molecule has 0 aliphatic carbocycles. The molecule has 1 aromatic carbocycles. The van der Waals surface area contributed by atoms with Crippen LogP contribution in [0, 0.1) is 12.3 Å². The number of methoxy groups -OCH3 is 2. The Morgan fingerprint density at radius 2 is 1.84 bits per heavy atom. The molecule has 4 aromatic rings. The van der Waals surface area contributed by atoms with Gasteiger partial charge >= 0.3 is 17.7 Å². The number of benzene rings is 1. The molecule has 0 spiro atoms. The van der Waals surface area contributed by atoms with Gasteiger partial charge in [0, 0.05) is 45.0 Å². The minimum Gasteiger partial charge on any atom is -0.496 e. The second kappa shape index (κ2) is 13.1. The number of fused-ring (bicyclic) bond motifs is 1. The summed E-state index contributed by atoms with van der Waals surface area (Å²) < 4.78 is 31.4. The van der Waals surface area contributed by atoms with Crippen LogP contribution in [0.25, 0.3) is 21.0 Å². The molecule has 3 aromatic heterocycles. The van der Waals surface area contributed by atoms with Crippen LogP contribution in [0.1, 0.15) is 43.0 Å². The summed E-state index contributed by atoms with van der Waals surface area (Å²) in [6, 6.07) is 6.78. The lowest BCUT2D eigenvalue weighted by atomic mass is 9.82. The number of carbonyl (C=O) groups excluding carboxylic acids is 2. The number of oxazole rings is 1. The monoisotopic (exact) mass is 693 g/mol. The second-order valence-corrected chi connectivity index (χ2v) is 14.1. The zero-order valence-electron chi connectivity index (χ0n) is 27.9. The number of hydrogen-bond donors (Lipinski definition) is 0. The van der Waals surface area contributed by atoms with E-state index in [1.807, 2.05) is 31.2 Å². The summed E-state index contributed by atoms with van der Waals surface area (Å²) in [4.78, 5) is 62.8. The van der Waals surface area contributed by atoms with E-state index in [2.05, 4.69) is 4.98 Å². The van der Waals surface area contributed by atoms with Crippen molar-refractivity contribution in [2.75, 3.05) is 53.6 Å². The summed E-state index contributed by atoms with van der Waals surface area (Å²) in [5, 5.41) is 0.393. The summed E-state index contributed by atoms with van der Waals surface area (Å²) in [6.45, 7) is 5.70. The number of aryl methyl sites for hydroxylation is 1. The number of thiophene rings is 1. The standard InChI is InChI=1S/C34H39N5O9S/c1-20-26-29(40)39(21-15-36(16-21)32(42)37-18-34(2,19-37)31(41)45-4)33(43)38(30(26)49-27(20)28-35-11-14-47-28)17-25(48-22-9-12-46-13-10-22)23-7-5-6-8-24(23)44-3/h5-8,11,14,21-22,25H,9-10,12-13,15-19H2,1-4H3. The van der Waals surface area contributed by atoms with Crippen molar-refractivity contribution in [3.8, 4) is 16.5 Å². The first-order valence-electron chi connectivity index (χ1n) is 16.3. The lowest BCUT2D eigenvalue weighted by Crippen LogP contribution is -2.67. The van der Waals surface area contributed by atoms with E-state index in [9.17, 15) is 19.2 Å². The average Bonchev–Trinajstić information content (AvgIpc) is 3.73. The SMILES string of the molecule is COC(=O)C1(C)CN(C(=O)N2CC(n3c(=O)c4c(C)c(-c5ncco5)sc4n(CC(OC4CCOCC4)c4ccccc4OC)c3=O)C2)C1. The number of ether oxygens (including phenoxy) is 4. The summed E-state index contributed by atoms with van der Waals surface area (Å²) in [7, 11) is 2.93. The third-order valence-corrected chi connectivity index (χ3v) is 11.1. The van der Waals surface area contributed by atoms with Gasteiger partial charge in [-0.1, -0.05) is 18.2 Å². The molecule has 3 aliphatic rings. The largest absolute Gasteiger partial charge is 0.496 e. The maximum Gasteiger partial charge on any atom is 0.332 e. The van der Waals surface area contributed by atoms with Gasteiger partial charge in [-0.2, -0.15) is 0 Å². The number of urea groups is 1. The van der Waals surface area contributed by atoms with Crippen LogP contribution in [0.15, 0.2) is 50.7 Å². The first-order chi connectivity index (χ1) is 23.6. The Morgan fingerprint density at radius 1 is 1.10 bits per heavy atom. The number of esters is 1. The van der Waals surface area contributed by atoms with Crippen LogP contribution < -0.4 is 16.0 Å². The van der Waals surface area contributed by atoms with Crippen molar-refractivity contribution < 1.29 is 33.0 Å². The molecular weight excluding hydrogens is 654 g/mol. The highest BCUT2D eigenvalue weighted by atomic mass is 32.1. The van der Waals surface area contributed by atoms with Crippen molar-refractivity contribution >= 4 is 33.6 Å². The van der Waals surface area contributed by atoms with Gasteiger partial charge < -0.3 is 33.2 Å². The van der Waals surface area contributed by atoms with Crippen molar-refractivity contribution in [2.45, 2.75) is 51.5 Å². The fourth-order valence-electron chi connectivity index (χ4n) is 7.03. The molecule has 3 fully saturated rings. The van der Waals surface area contributed by atoms with Crippen molar-refractivity contribution in [1.29, 1.82) is 0 Å². The van der Waals surface area contributed by atoms with Gasteiger partial charge in [0.2, 0.25) is 5.89 Å². The van der Waals surface area contributed by atoms with E-state index in [1.54, 1.807) is 28.4 Å². The van der Waals surface area contributed by atoms with Gasteiger partial charge in [0.15, 0.2) is 0 Å². The Hall–Kier alpha value is -4.47. The maximum atomic E-state index is 14.6. The predicted molar refractivity (Wildman–Crippen MR) is 179 cm³/mol. The van der Waals surface area contributed by atoms with Gasteiger partial charge in [-0.05, 0) is 38.3 Å². The Kier molecular flexibility index (Phi) is 8.83. The summed E-state index contributed by atoms with van der Waals surface area (Å²) in [5.41, 5.74) is -0.228. The quantitative estimate of drug-likeness (QED) is 0.238. The molecule has 6 heterocycles. The topological polar surface area (TPSA) is 148 Å². The Morgan fingerprint density at radius 3 is 2.51 bits per heavy atom. The summed E-state index contributed by atoms with van der Waals surface area (Å²) in [5.74, 6) is 0.626. The van der Waals surface area contributed by atoms with E-state index in [4.69, 9.17) is 23.4 Å². The van der Waals surface area contributed by atoms with Crippen LogP contribution in [-0.2, 0) is 25.5 Å². The first-order valence-corrected chi connectivity index (χ1v) is 17.1. The first kappa shape index (κ1) is 33.0. The minimum absolute atomic E-state index is 0.0949. The van der Waals surface area contributed by atoms with Crippen LogP contribution in [0.5, 0.6) is 5.75 Å². The van der Waals surface area contributed by atoms with Gasteiger partial charge in [0.25, 0.3) is 5.56 Å². The molecule has 3 saturated heterocycles. The Bertz CT molecular complexity index is 1980. The number of rotatable bonds is 9. The van der Waals surface area contributed by atoms with Crippen LogP contribution in [0.4, 0.5) is 4.79 Å². The van der Waals surface area contributed by atoms with E-state index < -0.39 is 28.8 Å². The van der Waals surface area contributed by atoms with E-state index in [0.717, 1.165) is 5.56 Å². The van der Waals surface area contributed by atoms with E-state index in [-0.39, 0.29) is 50.8 Å². The van der Waals surface area contributed by atoms with Crippen LogP contribution in [0.2, 0.25) is 0 Å². The Labute approximate surface area is 285 Å². The summed E-state index contributed by atoms with van der Waals surface area (Å²) >= 11 is 1.28. The molecule has 0 saturated carbocycles.